The van der Waals surface area contributed by atoms with Gasteiger partial charge in [0.25, 0.3) is 0 Å². The highest BCUT2D eigenvalue weighted by molar-refractivity contribution is 5.93. The van der Waals surface area contributed by atoms with Crippen molar-refractivity contribution in [2.45, 2.75) is 71.4 Å². The molecule has 2 N–H and O–H groups in total. The number of carboxylic acids is 1. The Morgan fingerprint density at radius 1 is 1.37 bits per heavy atom. The molecular weight excluding hydrogens is 349 g/mol. The van der Waals surface area contributed by atoms with Crippen LogP contribution < -0.4 is 10.7 Å². The number of carbonyl (C=O) groups is 1. The molecule has 0 aliphatic heterocycles. The van der Waals surface area contributed by atoms with Crippen LogP contribution in [0.5, 0.6) is 0 Å². The Hall–Kier alpha value is -2.44. The van der Waals surface area contributed by atoms with Gasteiger partial charge in [0.1, 0.15) is 11.2 Å². The number of fused-ring (bicyclic) bond motifs is 1. The minimum atomic E-state index is -1.29. The van der Waals surface area contributed by atoms with E-state index in [-0.39, 0.29) is 28.9 Å². The molecule has 1 saturated carbocycles. The lowest BCUT2D eigenvalue weighted by atomic mass is 9.95. The number of aromatic carboxylic acids is 1. The first kappa shape index (κ1) is 19.3. The zero-order chi connectivity index (χ0) is 19.7. The lowest BCUT2D eigenvalue weighted by Crippen LogP contribution is -2.27. The fraction of sp³-hybridized carbons (Fsp3) is 0.550. The molecule has 27 heavy (non-hydrogen) atoms. The van der Waals surface area contributed by atoms with E-state index in [0.29, 0.717) is 17.8 Å². The molecule has 6 nitrogen and oxygen atoms in total. The second-order valence-electron chi connectivity index (χ2n) is 7.44. The van der Waals surface area contributed by atoms with Crippen LogP contribution in [0.3, 0.4) is 0 Å². The van der Waals surface area contributed by atoms with E-state index in [4.69, 9.17) is 0 Å². The first-order valence-corrected chi connectivity index (χ1v) is 9.62. The van der Waals surface area contributed by atoms with Crippen LogP contribution in [0.25, 0.3) is 11.0 Å². The Bertz CT molecular complexity index is 930. The molecule has 0 atom stereocenters. The number of pyridine rings is 2. The fourth-order valence-corrected chi connectivity index (χ4v) is 4.01. The third-order valence-electron chi connectivity index (χ3n) is 5.25. The van der Waals surface area contributed by atoms with Crippen molar-refractivity contribution in [2.24, 2.45) is 0 Å². The van der Waals surface area contributed by atoms with Gasteiger partial charge >= 0.3 is 5.97 Å². The van der Waals surface area contributed by atoms with Gasteiger partial charge in [0.15, 0.2) is 11.6 Å². The number of nitrogens with zero attached hydrogens (tertiary/aromatic N) is 2. The summed E-state index contributed by atoms with van der Waals surface area (Å²) in [6.45, 7) is 5.60. The summed E-state index contributed by atoms with van der Waals surface area (Å²) < 4.78 is 16.4. The monoisotopic (exact) mass is 375 g/mol. The van der Waals surface area contributed by atoms with Crippen LogP contribution in [0.4, 0.5) is 10.2 Å². The van der Waals surface area contributed by atoms with E-state index in [1.807, 2.05) is 13.8 Å². The Kier molecular flexibility index (Phi) is 5.48. The number of anilines is 1. The highest BCUT2D eigenvalue weighted by Gasteiger charge is 2.25. The van der Waals surface area contributed by atoms with Gasteiger partial charge in [-0.1, -0.05) is 26.2 Å². The summed E-state index contributed by atoms with van der Waals surface area (Å²) in [5.74, 6) is -1.78. The quantitative estimate of drug-likeness (QED) is 0.821. The summed E-state index contributed by atoms with van der Waals surface area (Å²) in [4.78, 5) is 28.9. The third-order valence-corrected chi connectivity index (χ3v) is 5.25. The molecule has 1 aliphatic carbocycles. The van der Waals surface area contributed by atoms with Crippen molar-refractivity contribution in [3.63, 3.8) is 0 Å². The van der Waals surface area contributed by atoms with Crippen LogP contribution in [0.1, 0.15) is 75.0 Å². The fourth-order valence-electron chi connectivity index (χ4n) is 4.01. The molecule has 0 aromatic carbocycles. The average molecular weight is 375 g/mol. The van der Waals surface area contributed by atoms with Crippen LogP contribution in [0, 0.1) is 5.82 Å². The van der Waals surface area contributed by atoms with Gasteiger partial charge in [-0.05, 0) is 39.2 Å². The summed E-state index contributed by atoms with van der Waals surface area (Å²) >= 11 is 0. The number of hydrogen-bond acceptors (Lipinski definition) is 4. The van der Waals surface area contributed by atoms with Crippen LogP contribution in [-0.2, 0) is 6.42 Å². The predicted octanol–water partition coefficient (Wildman–Crippen LogP) is 4.12. The van der Waals surface area contributed by atoms with Gasteiger partial charge in [0, 0.05) is 17.8 Å². The van der Waals surface area contributed by atoms with Gasteiger partial charge in [0.05, 0.1) is 5.39 Å². The van der Waals surface area contributed by atoms with Crippen molar-refractivity contribution in [1.82, 2.24) is 9.55 Å². The highest BCUT2D eigenvalue weighted by Crippen LogP contribution is 2.26. The van der Waals surface area contributed by atoms with Gasteiger partial charge in [0.2, 0.25) is 5.43 Å². The lowest BCUT2D eigenvalue weighted by molar-refractivity contribution is 0.0693. The van der Waals surface area contributed by atoms with E-state index < -0.39 is 17.2 Å². The Morgan fingerprint density at radius 2 is 2.04 bits per heavy atom. The van der Waals surface area contributed by atoms with Crippen LogP contribution in [0.2, 0.25) is 0 Å². The molecule has 0 amide bonds. The maximum Gasteiger partial charge on any atom is 0.341 e. The second kappa shape index (κ2) is 7.66. The third kappa shape index (κ3) is 3.55. The maximum atomic E-state index is 14.7. The number of nitrogens with one attached hydrogen (secondary N) is 1. The number of hydrogen-bond donors (Lipinski definition) is 2. The topological polar surface area (TPSA) is 84.2 Å². The zero-order valence-electron chi connectivity index (χ0n) is 16.0. The molecule has 0 spiro atoms. The molecule has 1 aliphatic rings. The summed E-state index contributed by atoms with van der Waals surface area (Å²) in [6.07, 6.45) is 5.70. The number of halogens is 1. The van der Waals surface area contributed by atoms with Crippen LogP contribution in [0.15, 0.2) is 10.9 Å². The molecule has 2 aromatic heterocycles. The van der Waals surface area contributed by atoms with Gasteiger partial charge in [-0.3, -0.25) is 4.79 Å². The predicted molar refractivity (Wildman–Crippen MR) is 103 cm³/mol. The Balaban J connectivity index is 2.25. The number of carboxylic acid groups (broad SMARTS) is 1. The molecule has 146 valence electrons. The molecule has 3 rings (SSSR count). The largest absolute Gasteiger partial charge is 0.477 e. The van der Waals surface area contributed by atoms with E-state index in [9.17, 15) is 19.1 Å². The smallest absolute Gasteiger partial charge is 0.341 e. The van der Waals surface area contributed by atoms with Gasteiger partial charge in [-0.15, -0.1) is 0 Å². The van der Waals surface area contributed by atoms with E-state index in [1.54, 1.807) is 11.5 Å². The lowest BCUT2D eigenvalue weighted by Gasteiger charge is -2.25. The van der Waals surface area contributed by atoms with Crippen molar-refractivity contribution < 1.29 is 14.3 Å². The summed E-state index contributed by atoms with van der Waals surface area (Å²) in [7, 11) is 0. The van der Waals surface area contributed by atoms with E-state index in [0.717, 1.165) is 31.7 Å². The van der Waals surface area contributed by atoms with E-state index in [2.05, 4.69) is 10.3 Å². The Morgan fingerprint density at radius 3 is 2.59 bits per heavy atom. The molecule has 0 saturated heterocycles. The van der Waals surface area contributed by atoms with E-state index >= 15 is 0 Å². The molecule has 1 fully saturated rings. The normalized spacial score (nSPS) is 15.4. The Labute approximate surface area is 157 Å². The molecule has 7 heteroatoms. The summed E-state index contributed by atoms with van der Waals surface area (Å²) in [6, 6.07) is 1.17. The van der Waals surface area contributed by atoms with Crippen molar-refractivity contribution in [3.8, 4) is 0 Å². The minimum absolute atomic E-state index is 0.00462. The van der Waals surface area contributed by atoms with Crippen molar-refractivity contribution in [2.75, 3.05) is 5.32 Å². The molecule has 0 radical (unpaired) electrons. The first-order valence-electron chi connectivity index (χ1n) is 9.62. The zero-order valence-corrected chi connectivity index (χ0v) is 16.0. The molecule has 0 unspecified atom stereocenters. The summed E-state index contributed by atoms with van der Waals surface area (Å²) in [5, 5.41) is 12.7. The van der Waals surface area contributed by atoms with Crippen molar-refractivity contribution >= 4 is 22.8 Å². The molecule has 2 heterocycles. The number of aromatic nitrogens is 2. The van der Waals surface area contributed by atoms with Crippen molar-refractivity contribution in [3.05, 3.63) is 33.4 Å². The molecular formula is C20H26FN3O3. The summed E-state index contributed by atoms with van der Waals surface area (Å²) in [5.41, 5.74) is -0.232. The standard InChI is InChI=1S/C20H26FN3O3/c1-4-15-16(20(26)27)17(25)13-10-14(21)18(22-12-8-6-5-7-9-12)23-19(13)24(15)11(2)3/h10-12H,4-9H2,1-3H3,(H,22,23)(H,26,27). The highest BCUT2D eigenvalue weighted by atomic mass is 19.1. The van der Waals surface area contributed by atoms with Gasteiger partial charge < -0.3 is 15.0 Å². The maximum absolute atomic E-state index is 14.7. The van der Waals surface area contributed by atoms with Gasteiger partial charge in [-0.2, -0.15) is 0 Å². The molecule has 2 aromatic rings. The SMILES string of the molecule is CCc1c(C(=O)O)c(=O)c2cc(F)c(NC3CCCCC3)nc2n1C(C)C. The second-order valence-corrected chi connectivity index (χ2v) is 7.44. The average Bonchev–Trinajstić information content (AvgIpc) is 2.62. The van der Waals surface area contributed by atoms with Crippen molar-refractivity contribution in [1.29, 1.82) is 0 Å². The van der Waals surface area contributed by atoms with E-state index in [1.165, 1.54) is 6.42 Å². The van der Waals surface area contributed by atoms with Crippen LogP contribution >= 0.6 is 0 Å². The minimum Gasteiger partial charge on any atom is -0.477 e. The number of rotatable bonds is 5. The van der Waals surface area contributed by atoms with Gasteiger partial charge in [-0.25, -0.2) is 14.2 Å². The first-order chi connectivity index (χ1) is 12.8. The van der Waals surface area contributed by atoms with Crippen LogP contribution in [-0.4, -0.2) is 26.7 Å². The molecule has 0 bridgehead atoms.